The number of benzene rings is 1. The van der Waals surface area contributed by atoms with Crippen LogP contribution in [0.2, 0.25) is 0 Å². The number of aryl methyl sites for hydroxylation is 1. The van der Waals surface area contributed by atoms with Crippen molar-refractivity contribution < 1.29 is 19.4 Å². The maximum absolute atomic E-state index is 11.8. The van der Waals surface area contributed by atoms with Crippen LogP contribution in [0.15, 0.2) is 18.2 Å². The minimum absolute atomic E-state index is 0.0751. The van der Waals surface area contributed by atoms with Crippen molar-refractivity contribution in [1.29, 1.82) is 0 Å². The average molecular weight is 263 g/mol. The molecule has 0 heterocycles. The summed E-state index contributed by atoms with van der Waals surface area (Å²) in [5.41, 5.74) is 0.775. The SMILES string of the molecule is Cc1cccc(C(=O)O)c1OC(C)C(=O)NC1CC1. The molecule has 0 aromatic heterocycles. The highest BCUT2D eigenvalue weighted by Crippen LogP contribution is 2.25. The minimum Gasteiger partial charge on any atom is -0.480 e. The molecule has 0 aliphatic heterocycles. The van der Waals surface area contributed by atoms with E-state index in [1.54, 1.807) is 26.0 Å². The maximum Gasteiger partial charge on any atom is 0.339 e. The van der Waals surface area contributed by atoms with Crippen molar-refractivity contribution in [1.82, 2.24) is 5.32 Å². The number of ether oxygens (including phenoxy) is 1. The van der Waals surface area contributed by atoms with Gasteiger partial charge in [0.25, 0.3) is 5.91 Å². The number of para-hydroxylation sites is 1. The van der Waals surface area contributed by atoms with E-state index in [0.717, 1.165) is 12.8 Å². The average Bonchev–Trinajstić information content (AvgIpc) is 3.15. The van der Waals surface area contributed by atoms with Crippen molar-refractivity contribution in [3.8, 4) is 5.75 Å². The third-order valence-electron chi connectivity index (χ3n) is 3.03. The number of carbonyl (C=O) groups is 2. The van der Waals surface area contributed by atoms with Crippen molar-refractivity contribution in [2.75, 3.05) is 0 Å². The van der Waals surface area contributed by atoms with Gasteiger partial charge in [-0.1, -0.05) is 12.1 Å². The van der Waals surface area contributed by atoms with Crippen molar-refractivity contribution in [3.63, 3.8) is 0 Å². The molecule has 2 N–H and O–H groups in total. The monoisotopic (exact) mass is 263 g/mol. The van der Waals surface area contributed by atoms with Crippen LogP contribution in [-0.2, 0) is 4.79 Å². The van der Waals surface area contributed by atoms with Crippen molar-refractivity contribution in [3.05, 3.63) is 29.3 Å². The zero-order chi connectivity index (χ0) is 14.0. The van der Waals surface area contributed by atoms with E-state index in [2.05, 4.69) is 5.32 Å². The van der Waals surface area contributed by atoms with Crippen LogP contribution in [0.5, 0.6) is 5.75 Å². The molecule has 0 spiro atoms. The van der Waals surface area contributed by atoms with Gasteiger partial charge in [-0.2, -0.15) is 0 Å². The van der Waals surface area contributed by atoms with Crippen LogP contribution in [0, 0.1) is 6.92 Å². The van der Waals surface area contributed by atoms with Gasteiger partial charge in [-0.25, -0.2) is 4.79 Å². The number of hydrogen-bond donors (Lipinski definition) is 2. The number of carboxylic acids is 1. The van der Waals surface area contributed by atoms with E-state index in [0.29, 0.717) is 5.56 Å². The van der Waals surface area contributed by atoms with Crippen LogP contribution < -0.4 is 10.1 Å². The molecular formula is C14H17NO4. The molecule has 1 fully saturated rings. The quantitative estimate of drug-likeness (QED) is 0.848. The second kappa shape index (κ2) is 5.30. The largest absolute Gasteiger partial charge is 0.480 e. The fraction of sp³-hybridized carbons (Fsp3) is 0.429. The summed E-state index contributed by atoms with van der Waals surface area (Å²) < 4.78 is 5.54. The Hall–Kier alpha value is -2.04. The van der Waals surface area contributed by atoms with E-state index in [9.17, 15) is 9.59 Å². The summed E-state index contributed by atoms with van der Waals surface area (Å²) in [6, 6.07) is 5.14. The van der Waals surface area contributed by atoms with Gasteiger partial charge in [-0.05, 0) is 38.3 Å². The summed E-state index contributed by atoms with van der Waals surface area (Å²) >= 11 is 0. The Balaban J connectivity index is 2.12. The Morgan fingerprint density at radius 2 is 2.11 bits per heavy atom. The number of nitrogens with one attached hydrogen (secondary N) is 1. The van der Waals surface area contributed by atoms with Gasteiger partial charge >= 0.3 is 5.97 Å². The molecule has 1 aromatic carbocycles. The highest BCUT2D eigenvalue weighted by atomic mass is 16.5. The lowest BCUT2D eigenvalue weighted by Crippen LogP contribution is -2.37. The van der Waals surface area contributed by atoms with E-state index in [4.69, 9.17) is 9.84 Å². The Morgan fingerprint density at radius 1 is 1.42 bits per heavy atom. The van der Waals surface area contributed by atoms with Gasteiger partial charge in [0, 0.05) is 6.04 Å². The van der Waals surface area contributed by atoms with Crippen molar-refractivity contribution in [2.45, 2.75) is 38.8 Å². The topological polar surface area (TPSA) is 75.6 Å². The van der Waals surface area contributed by atoms with E-state index < -0.39 is 12.1 Å². The molecule has 1 amide bonds. The number of hydrogen-bond acceptors (Lipinski definition) is 3. The standard InChI is InChI=1S/C14H17NO4/c1-8-4-3-5-11(14(17)18)12(8)19-9(2)13(16)15-10-6-7-10/h3-5,9-10H,6-7H2,1-2H3,(H,15,16)(H,17,18). The smallest absolute Gasteiger partial charge is 0.339 e. The molecule has 0 bridgehead atoms. The van der Waals surface area contributed by atoms with Crippen molar-refractivity contribution >= 4 is 11.9 Å². The van der Waals surface area contributed by atoms with Crippen LogP contribution in [0.4, 0.5) is 0 Å². The molecule has 0 radical (unpaired) electrons. The molecule has 5 heteroatoms. The predicted molar refractivity (Wildman–Crippen MR) is 69.4 cm³/mol. The van der Waals surface area contributed by atoms with Gasteiger partial charge < -0.3 is 15.2 Å². The van der Waals surface area contributed by atoms with Gasteiger partial charge in [0.15, 0.2) is 6.10 Å². The fourth-order valence-electron chi connectivity index (χ4n) is 1.75. The third-order valence-corrected chi connectivity index (χ3v) is 3.03. The van der Waals surface area contributed by atoms with E-state index in [1.807, 2.05) is 0 Å². The first-order chi connectivity index (χ1) is 8.99. The lowest BCUT2D eigenvalue weighted by atomic mass is 10.1. The van der Waals surface area contributed by atoms with Crippen LogP contribution in [0.1, 0.15) is 35.7 Å². The molecule has 1 aromatic rings. The van der Waals surface area contributed by atoms with Gasteiger partial charge in [-0.3, -0.25) is 4.79 Å². The van der Waals surface area contributed by atoms with Crippen LogP contribution in [0.25, 0.3) is 0 Å². The first-order valence-corrected chi connectivity index (χ1v) is 6.29. The molecule has 1 unspecified atom stereocenters. The van der Waals surface area contributed by atoms with E-state index in [-0.39, 0.29) is 23.3 Å². The van der Waals surface area contributed by atoms with Crippen LogP contribution in [0.3, 0.4) is 0 Å². The van der Waals surface area contributed by atoms with Gasteiger partial charge in [0.2, 0.25) is 0 Å². The lowest BCUT2D eigenvalue weighted by molar-refractivity contribution is -0.127. The minimum atomic E-state index is -1.06. The molecule has 1 atom stereocenters. The molecule has 0 saturated heterocycles. The van der Waals surface area contributed by atoms with Gasteiger partial charge in [-0.15, -0.1) is 0 Å². The second-order valence-corrected chi connectivity index (χ2v) is 4.80. The highest BCUT2D eigenvalue weighted by molar-refractivity contribution is 5.91. The zero-order valence-electron chi connectivity index (χ0n) is 11.0. The maximum atomic E-state index is 11.8. The molecule has 1 aliphatic carbocycles. The summed E-state index contributed by atoms with van der Waals surface area (Å²) in [5.74, 6) is -1.01. The zero-order valence-corrected chi connectivity index (χ0v) is 11.0. The summed E-state index contributed by atoms with van der Waals surface area (Å²) in [6.45, 7) is 3.38. The molecular weight excluding hydrogens is 246 g/mol. The van der Waals surface area contributed by atoms with E-state index in [1.165, 1.54) is 6.07 Å². The summed E-state index contributed by atoms with van der Waals surface area (Å²) in [4.78, 5) is 22.9. The summed E-state index contributed by atoms with van der Waals surface area (Å²) in [5, 5.41) is 11.9. The first-order valence-electron chi connectivity index (χ1n) is 6.29. The van der Waals surface area contributed by atoms with Crippen molar-refractivity contribution in [2.24, 2.45) is 0 Å². The summed E-state index contributed by atoms with van der Waals surface area (Å²) in [7, 11) is 0. The Labute approximate surface area is 111 Å². The van der Waals surface area contributed by atoms with Crippen LogP contribution >= 0.6 is 0 Å². The molecule has 1 aliphatic rings. The number of carboxylic acid groups (broad SMARTS) is 1. The first kappa shape index (κ1) is 13.4. The normalized spacial score (nSPS) is 15.7. The Kier molecular flexibility index (Phi) is 3.74. The number of amides is 1. The highest BCUT2D eigenvalue weighted by Gasteiger charge is 2.27. The van der Waals surface area contributed by atoms with Gasteiger partial charge in [0.1, 0.15) is 11.3 Å². The molecule has 102 valence electrons. The Bertz CT molecular complexity index is 508. The molecule has 19 heavy (non-hydrogen) atoms. The molecule has 2 rings (SSSR count). The summed E-state index contributed by atoms with van der Waals surface area (Å²) in [6.07, 6.45) is 1.30. The fourth-order valence-corrected chi connectivity index (χ4v) is 1.75. The molecule has 1 saturated carbocycles. The second-order valence-electron chi connectivity index (χ2n) is 4.80. The van der Waals surface area contributed by atoms with Crippen LogP contribution in [-0.4, -0.2) is 29.1 Å². The number of rotatable bonds is 5. The number of aromatic carboxylic acids is 1. The van der Waals surface area contributed by atoms with E-state index >= 15 is 0 Å². The Morgan fingerprint density at radius 3 is 2.68 bits per heavy atom. The number of carbonyl (C=O) groups excluding carboxylic acids is 1. The predicted octanol–water partition coefficient (Wildman–Crippen LogP) is 1.74. The van der Waals surface area contributed by atoms with Gasteiger partial charge in [0.05, 0.1) is 0 Å². The molecule has 5 nitrogen and oxygen atoms in total. The third kappa shape index (κ3) is 3.24. The lowest BCUT2D eigenvalue weighted by Gasteiger charge is -2.17.